The first-order chi connectivity index (χ1) is 13.1. The van der Waals surface area contributed by atoms with Crippen LogP contribution in [-0.2, 0) is 22.4 Å². The molecule has 0 amide bonds. The van der Waals surface area contributed by atoms with E-state index in [9.17, 15) is 0 Å². The topological polar surface area (TPSA) is 94.9 Å². The summed E-state index contributed by atoms with van der Waals surface area (Å²) >= 11 is 0. The van der Waals surface area contributed by atoms with E-state index in [1.807, 2.05) is 0 Å². The minimum atomic E-state index is -2.76. The Morgan fingerprint density at radius 1 is 0.964 bits per heavy atom. The predicted octanol–water partition coefficient (Wildman–Crippen LogP) is 4.99. The quantitative estimate of drug-likeness (QED) is 0.255. The second kappa shape index (κ2) is 9.13. The summed E-state index contributed by atoms with van der Waals surface area (Å²) in [5.41, 5.74) is 10.0. The van der Waals surface area contributed by atoms with Gasteiger partial charge in [-0.05, 0) is 27.7 Å². The number of rotatable bonds is 6. The molecule has 0 radical (unpaired) electrons. The molecule has 162 valence electrons. The summed E-state index contributed by atoms with van der Waals surface area (Å²) in [4.78, 5) is 3.01. The monoisotopic (exact) mass is 431 g/mol. The van der Waals surface area contributed by atoms with Crippen molar-refractivity contribution >= 4 is 17.1 Å². The van der Waals surface area contributed by atoms with Crippen LogP contribution in [0.4, 0.5) is 0 Å². The number of hydrogen-bond donors (Lipinski definition) is 0. The number of ether oxygens (including phenoxy) is 2. The lowest BCUT2D eigenvalue weighted by Crippen LogP contribution is -2.65. The Balaban J connectivity index is 2.59. The average molecular weight is 432 g/mol. The zero-order valence-corrected chi connectivity index (χ0v) is 20.7. The number of nitrogens with zero attached hydrogens (tertiary/aromatic N) is 3. The summed E-state index contributed by atoms with van der Waals surface area (Å²) in [6, 6.07) is -0.566. The van der Waals surface area contributed by atoms with E-state index in [2.05, 4.69) is 65.4 Å². The first-order valence-electron chi connectivity index (χ1n) is 10.3. The molecule has 0 aromatic heterocycles. The molecular formula is C18H37N3O5Si2. The van der Waals surface area contributed by atoms with Crippen LogP contribution in [0.5, 0.6) is 0 Å². The van der Waals surface area contributed by atoms with Gasteiger partial charge < -0.3 is 22.4 Å². The summed E-state index contributed by atoms with van der Waals surface area (Å²) in [5.74, 6) is 0. The van der Waals surface area contributed by atoms with Crippen LogP contribution in [0.15, 0.2) is 5.11 Å². The first kappa shape index (κ1) is 23.8. The van der Waals surface area contributed by atoms with Crippen molar-refractivity contribution in [3.05, 3.63) is 10.4 Å². The molecule has 0 bridgehead atoms. The maximum atomic E-state index is 9.08. The molecular weight excluding hydrogens is 394 g/mol. The molecule has 2 fully saturated rings. The summed E-state index contributed by atoms with van der Waals surface area (Å²) in [6.07, 6.45) is -1.44. The van der Waals surface area contributed by atoms with Crippen molar-refractivity contribution < 1.29 is 22.4 Å². The SMILES string of the molecule is CO[C@@H]1O[C@@H]2CO[Si](C(C)C)(C(C)C)O[Si](C(C)C)(C(C)C)O[C@H]2C1N=[N+]=[N-]. The second-order valence-corrected chi connectivity index (χ2v) is 17.9. The zero-order chi connectivity index (χ0) is 21.3. The molecule has 1 unspecified atom stereocenters. The van der Waals surface area contributed by atoms with Crippen molar-refractivity contribution in [2.75, 3.05) is 13.7 Å². The highest BCUT2D eigenvalue weighted by molar-refractivity contribution is 6.83. The third kappa shape index (κ3) is 4.06. The lowest BCUT2D eigenvalue weighted by atomic mass is 10.1. The van der Waals surface area contributed by atoms with Crippen LogP contribution >= 0.6 is 0 Å². The van der Waals surface area contributed by atoms with Crippen molar-refractivity contribution in [3.63, 3.8) is 0 Å². The number of azide groups is 1. The Kier molecular flexibility index (Phi) is 7.77. The predicted molar refractivity (Wildman–Crippen MR) is 112 cm³/mol. The Morgan fingerprint density at radius 2 is 1.50 bits per heavy atom. The Morgan fingerprint density at radius 3 is 1.93 bits per heavy atom. The lowest BCUT2D eigenvalue weighted by Gasteiger charge is -2.51. The molecule has 2 rings (SSSR count). The minimum absolute atomic E-state index is 0.201. The summed E-state index contributed by atoms with van der Waals surface area (Å²) in [7, 11) is -3.81. The maximum absolute atomic E-state index is 9.08. The van der Waals surface area contributed by atoms with Crippen molar-refractivity contribution in [1.82, 2.24) is 0 Å². The molecule has 0 saturated carbocycles. The molecule has 8 nitrogen and oxygen atoms in total. The first-order valence-corrected chi connectivity index (χ1v) is 14.2. The molecule has 4 atom stereocenters. The van der Waals surface area contributed by atoms with Gasteiger partial charge in [-0.15, -0.1) is 0 Å². The van der Waals surface area contributed by atoms with Gasteiger partial charge in [-0.1, -0.05) is 60.5 Å². The van der Waals surface area contributed by atoms with Crippen LogP contribution in [0.3, 0.4) is 0 Å². The van der Waals surface area contributed by atoms with E-state index in [0.717, 1.165) is 0 Å². The van der Waals surface area contributed by atoms with Crippen LogP contribution in [0, 0.1) is 0 Å². The van der Waals surface area contributed by atoms with E-state index in [1.54, 1.807) is 7.11 Å². The molecule has 0 N–H and O–H groups in total. The minimum Gasteiger partial charge on any atom is -0.414 e. The van der Waals surface area contributed by atoms with Gasteiger partial charge in [-0.2, -0.15) is 0 Å². The number of hydrogen-bond acceptors (Lipinski definition) is 6. The van der Waals surface area contributed by atoms with Crippen molar-refractivity contribution in [1.29, 1.82) is 0 Å². The van der Waals surface area contributed by atoms with Gasteiger partial charge in [0, 0.05) is 12.0 Å². The molecule has 0 aromatic rings. The van der Waals surface area contributed by atoms with E-state index in [4.69, 9.17) is 28.0 Å². The second-order valence-electron chi connectivity index (χ2n) is 9.03. The van der Waals surface area contributed by atoms with Gasteiger partial charge in [0.15, 0.2) is 6.29 Å². The molecule has 2 heterocycles. The zero-order valence-electron chi connectivity index (χ0n) is 18.7. The fraction of sp³-hybridized carbons (Fsp3) is 1.00. The number of fused-ring (bicyclic) bond motifs is 1. The Labute approximate surface area is 171 Å². The molecule has 2 saturated heterocycles. The van der Waals surface area contributed by atoms with E-state index < -0.39 is 35.6 Å². The molecule has 0 aromatic carbocycles. The van der Waals surface area contributed by atoms with Crippen molar-refractivity contribution in [2.24, 2.45) is 5.11 Å². The highest BCUT2D eigenvalue weighted by Crippen LogP contribution is 2.47. The highest BCUT2D eigenvalue weighted by atomic mass is 28.5. The van der Waals surface area contributed by atoms with Gasteiger partial charge in [-0.25, -0.2) is 0 Å². The van der Waals surface area contributed by atoms with E-state index in [1.165, 1.54) is 0 Å². The van der Waals surface area contributed by atoms with Crippen LogP contribution in [0.25, 0.3) is 10.4 Å². The molecule has 2 aliphatic heterocycles. The lowest BCUT2D eigenvalue weighted by molar-refractivity contribution is -0.131. The highest BCUT2D eigenvalue weighted by Gasteiger charge is 2.61. The molecule has 2 aliphatic rings. The summed E-state index contributed by atoms with van der Waals surface area (Å²) < 4.78 is 32.2. The van der Waals surface area contributed by atoms with E-state index in [0.29, 0.717) is 6.61 Å². The van der Waals surface area contributed by atoms with Crippen LogP contribution in [0.1, 0.15) is 55.4 Å². The Bertz CT molecular complexity index is 568. The van der Waals surface area contributed by atoms with Gasteiger partial charge in [-0.3, -0.25) is 0 Å². The van der Waals surface area contributed by atoms with Gasteiger partial charge in [0.1, 0.15) is 12.1 Å². The van der Waals surface area contributed by atoms with Crippen molar-refractivity contribution in [2.45, 2.75) is 102 Å². The van der Waals surface area contributed by atoms with Crippen LogP contribution < -0.4 is 0 Å². The largest absolute Gasteiger partial charge is 0.414 e. The third-order valence-corrected chi connectivity index (χ3v) is 16.3. The molecule has 10 heteroatoms. The normalized spacial score (nSPS) is 32.3. The smallest absolute Gasteiger partial charge is 0.335 e. The van der Waals surface area contributed by atoms with Crippen LogP contribution in [0.2, 0.25) is 22.2 Å². The molecule has 28 heavy (non-hydrogen) atoms. The van der Waals surface area contributed by atoms with Gasteiger partial charge in [0.05, 0.1) is 12.7 Å². The van der Waals surface area contributed by atoms with Gasteiger partial charge >= 0.3 is 17.1 Å². The van der Waals surface area contributed by atoms with Gasteiger partial charge in [0.25, 0.3) is 0 Å². The standard InChI is InChI=1S/C18H37N3O5Si2/c1-11(2)27(12(3)4)23-10-15-17(16(20-21-19)18(22-9)24-15)25-28(26-27,13(5)6)14(7)8/h11-18H,10H2,1-9H3/t15-,16?,17-,18-/m1/s1. The fourth-order valence-corrected chi connectivity index (χ4v) is 15.7. The van der Waals surface area contributed by atoms with E-state index in [-0.39, 0.29) is 28.3 Å². The summed E-state index contributed by atoms with van der Waals surface area (Å²) in [5, 5.41) is 3.95. The Hall–Kier alpha value is -0.456. The van der Waals surface area contributed by atoms with Gasteiger partial charge in [0.2, 0.25) is 0 Å². The third-order valence-electron chi connectivity index (χ3n) is 6.04. The van der Waals surface area contributed by atoms with Crippen molar-refractivity contribution in [3.8, 4) is 0 Å². The maximum Gasteiger partial charge on any atom is 0.335 e. The number of methoxy groups -OCH3 is 1. The molecule has 0 aliphatic carbocycles. The fourth-order valence-electron chi connectivity index (χ4n) is 4.50. The summed E-state index contributed by atoms with van der Waals surface area (Å²) in [6.45, 7) is 17.7. The average Bonchev–Trinajstić information content (AvgIpc) is 2.90. The molecule has 0 spiro atoms. The van der Waals surface area contributed by atoms with Crippen LogP contribution in [-0.4, -0.2) is 55.4 Å². The van der Waals surface area contributed by atoms with E-state index >= 15 is 0 Å².